The van der Waals surface area contributed by atoms with Crippen molar-refractivity contribution in [1.29, 1.82) is 0 Å². The fraction of sp³-hybridized carbons (Fsp3) is 0.696. The maximum atomic E-state index is 12.2. The van der Waals surface area contributed by atoms with Crippen LogP contribution in [0.2, 0.25) is 0 Å². The van der Waals surface area contributed by atoms with Gasteiger partial charge in [-0.25, -0.2) is 4.79 Å². The Kier molecular flexibility index (Phi) is 5.27. The number of amides is 2. The summed E-state index contributed by atoms with van der Waals surface area (Å²) in [5.41, 5.74) is 2.32. The Morgan fingerprint density at radius 2 is 1.80 bits per heavy atom. The maximum absolute atomic E-state index is 12.2. The third-order valence-electron chi connectivity index (χ3n) is 7.28. The molecular formula is C23H34N4O3. The van der Waals surface area contributed by atoms with Gasteiger partial charge in [0.25, 0.3) is 0 Å². The monoisotopic (exact) mass is 414 g/mol. The summed E-state index contributed by atoms with van der Waals surface area (Å²) in [6.45, 7) is 5.97. The standard InChI is InChI=1S/C23H34N4O3/c1-24(2)22(28)27-14-12-26(13-15-27)20-6-7-21-18(16-20)17-29-23(30-21)8-10-25(11-9-23)19-4-3-5-19/h6-7,16,19H,3-5,8-15,17H2,1-2H3. The minimum absolute atomic E-state index is 0.0931. The molecule has 1 aromatic rings. The molecule has 0 bridgehead atoms. The van der Waals surface area contributed by atoms with Crippen LogP contribution in [0, 0.1) is 0 Å². The molecule has 0 radical (unpaired) electrons. The number of carbonyl (C=O) groups is 1. The Morgan fingerprint density at radius 3 is 2.43 bits per heavy atom. The van der Waals surface area contributed by atoms with E-state index in [1.807, 2.05) is 19.0 Å². The molecule has 0 atom stereocenters. The van der Waals surface area contributed by atoms with Crippen molar-refractivity contribution in [2.24, 2.45) is 0 Å². The number of likely N-dealkylation sites (tertiary alicyclic amines) is 1. The third-order valence-corrected chi connectivity index (χ3v) is 7.28. The van der Waals surface area contributed by atoms with E-state index in [2.05, 4.69) is 28.0 Å². The summed E-state index contributed by atoms with van der Waals surface area (Å²) in [5, 5.41) is 0. The van der Waals surface area contributed by atoms with Gasteiger partial charge < -0.3 is 24.2 Å². The van der Waals surface area contributed by atoms with Gasteiger partial charge in [-0.2, -0.15) is 0 Å². The number of fused-ring (bicyclic) bond motifs is 1. The number of benzene rings is 1. The molecule has 4 aliphatic rings. The lowest BCUT2D eigenvalue weighted by molar-refractivity contribution is -0.231. The molecule has 5 rings (SSSR count). The van der Waals surface area contributed by atoms with Crippen molar-refractivity contribution >= 4 is 11.7 Å². The summed E-state index contributed by atoms with van der Waals surface area (Å²) in [6, 6.07) is 7.37. The van der Waals surface area contributed by atoms with Crippen molar-refractivity contribution in [3.63, 3.8) is 0 Å². The van der Waals surface area contributed by atoms with E-state index in [1.54, 1.807) is 4.90 Å². The molecule has 0 unspecified atom stereocenters. The van der Waals surface area contributed by atoms with E-state index in [0.717, 1.165) is 69.5 Å². The second-order valence-electron chi connectivity index (χ2n) is 9.37. The molecule has 7 heteroatoms. The predicted molar refractivity (Wildman–Crippen MR) is 116 cm³/mol. The van der Waals surface area contributed by atoms with Crippen molar-refractivity contribution in [1.82, 2.24) is 14.7 Å². The van der Waals surface area contributed by atoms with Gasteiger partial charge in [0.05, 0.1) is 6.61 Å². The van der Waals surface area contributed by atoms with Crippen LogP contribution in [0.25, 0.3) is 0 Å². The van der Waals surface area contributed by atoms with Crippen LogP contribution in [-0.4, -0.2) is 85.9 Å². The van der Waals surface area contributed by atoms with Crippen LogP contribution < -0.4 is 9.64 Å². The van der Waals surface area contributed by atoms with E-state index < -0.39 is 5.79 Å². The molecular weight excluding hydrogens is 380 g/mol. The predicted octanol–water partition coefficient (Wildman–Crippen LogP) is 2.74. The Hall–Kier alpha value is -1.99. The summed E-state index contributed by atoms with van der Waals surface area (Å²) in [6.07, 6.45) is 6.00. The Balaban J connectivity index is 1.20. The summed E-state index contributed by atoms with van der Waals surface area (Å²) in [5.74, 6) is 0.538. The van der Waals surface area contributed by atoms with Crippen LogP contribution in [-0.2, 0) is 11.3 Å². The largest absolute Gasteiger partial charge is 0.462 e. The highest BCUT2D eigenvalue weighted by molar-refractivity contribution is 5.74. The molecule has 0 N–H and O–H groups in total. The second-order valence-corrected chi connectivity index (χ2v) is 9.37. The number of urea groups is 1. The molecule has 0 aromatic heterocycles. The number of hydrogen-bond donors (Lipinski definition) is 0. The zero-order chi connectivity index (χ0) is 20.7. The number of piperidine rings is 1. The zero-order valence-electron chi connectivity index (χ0n) is 18.3. The Labute approximate surface area is 179 Å². The highest BCUT2D eigenvalue weighted by Gasteiger charge is 2.42. The van der Waals surface area contributed by atoms with E-state index in [9.17, 15) is 4.79 Å². The lowest BCUT2D eigenvalue weighted by Crippen LogP contribution is -2.54. The summed E-state index contributed by atoms with van der Waals surface area (Å²) in [7, 11) is 3.62. The quantitative estimate of drug-likeness (QED) is 0.745. The van der Waals surface area contributed by atoms with E-state index in [0.29, 0.717) is 6.61 Å². The van der Waals surface area contributed by atoms with Gasteiger partial charge in [-0.1, -0.05) is 6.42 Å². The first-order chi connectivity index (χ1) is 14.5. The summed E-state index contributed by atoms with van der Waals surface area (Å²) >= 11 is 0. The first-order valence-electron chi connectivity index (χ1n) is 11.4. The van der Waals surface area contributed by atoms with Crippen LogP contribution in [0.15, 0.2) is 18.2 Å². The van der Waals surface area contributed by atoms with E-state index in [1.165, 1.54) is 24.9 Å². The lowest BCUT2D eigenvalue weighted by Gasteiger charge is -2.47. The molecule has 3 heterocycles. The number of ether oxygens (including phenoxy) is 2. The van der Waals surface area contributed by atoms with Gasteiger partial charge in [-0.05, 0) is 31.0 Å². The number of anilines is 1. The van der Waals surface area contributed by atoms with Gasteiger partial charge in [0, 0.05) is 83.5 Å². The fourth-order valence-electron chi connectivity index (χ4n) is 5.08. The van der Waals surface area contributed by atoms with Crippen molar-refractivity contribution in [2.45, 2.75) is 50.5 Å². The van der Waals surface area contributed by atoms with E-state index in [-0.39, 0.29) is 6.03 Å². The molecule has 3 aliphatic heterocycles. The molecule has 1 saturated carbocycles. The smallest absolute Gasteiger partial charge is 0.319 e. The van der Waals surface area contributed by atoms with Gasteiger partial charge in [-0.15, -0.1) is 0 Å². The minimum Gasteiger partial charge on any atom is -0.462 e. The average Bonchev–Trinajstić information content (AvgIpc) is 2.73. The van der Waals surface area contributed by atoms with Gasteiger partial charge >= 0.3 is 6.03 Å². The van der Waals surface area contributed by atoms with Crippen molar-refractivity contribution in [2.75, 3.05) is 58.3 Å². The first-order valence-corrected chi connectivity index (χ1v) is 11.4. The van der Waals surface area contributed by atoms with Gasteiger partial charge in [-0.3, -0.25) is 4.90 Å². The molecule has 1 aliphatic carbocycles. The van der Waals surface area contributed by atoms with Crippen LogP contribution in [0.1, 0.15) is 37.7 Å². The average molecular weight is 415 g/mol. The molecule has 3 fully saturated rings. The minimum atomic E-state index is -0.438. The number of nitrogens with zero attached hydrogens (tertiary/aromatic N) is 4. The van der Waals surface area contributed by atoms with Crippen LogP contribution in [0.5, 0.6) is 5.75 Å². The highest BCUT2D eigenvalue weighted by atomic mass is 16.7. The van der Waals surface area contributed by atoms with Crippen LogP contribution in [0.4, 0.5) is 10.5 Å². The number of carbonyl (C=O) groups excluding carboxylic acids is 1. The first kappa shape index (κ1) is 19.9. The Morgan fingerprint density at radius 1 is 1.07 bits per heavy atom. The normalized spacial score (nSPS) is 24.2. The topological polar surface area (TPSA) is 48.5 Å². The molecule has 30 heavy (non-hydrogen) atoms. The van der Waals surface area contributed by atoms with Crippen LogP contribution >= 0.6 is 0 Å². The summed E-state index contributed by atoms with van der Waals surface area (Å²) < 4.78 is 12.7. The van der Waals surface area contributed by atoms with Crippen LogP contribution in [0.3, 0.4) is 0 Å². The van der Waals surface area contributed by atoms with Gasteiger partial charge in [0.2, 0.25) is 5.79 Å². The third kappa shape index (κ3) is 3.73. The number of rotatable bonds is 2. The zero-order valence-corrected chi connectivity index (χ0v) is 18.3. The van der Waals surface area contributed by atoms with Crippen molar-refractivity contribution < 1.29 is 14.3 Å². The highest BCUT2D eigenvalue weighted by Crippen LogP contribution is 2.40. The summed E-state index contributed by atoms with van der Waals surface area (Å²) in [4.78, 5) is 20.7. The second kappa shape index (κ2) is 7.93. The molecule has 164 valence electrons. The maximum Gasteiger partial charge on any atom is 0.319 e. The molecule has 2 saturated heterocycles. The SMILES string of the molecule is CN(C)C(=O)N1CCN(c2ccc3c(c2)COC2(CCN(C4CCC4)CC2)O3)CC1. The van der Waals surface area contributed by atoms with Crippen molar-refractivity contribution in [3.8, 4) is 5.75 Å². The Bertz CT molecular complexity index is 779. The lowest BCUT2D eigenvalue weighted by atomic mass is 9.89. The number of piperazine rings is 1. The molecule has 2 amide bonds. The molecule has 1 spiro atoms. The number of hydrogen-bond acceptors (Lipinski definition) is 5. The van der Waals surface area contributed by atoms with E-state index >= 15 is 0 Å². The van der Waals surface area contributed by atoms with Crippen molar-refractivity contribution in [3.05, 3.63) is 23.8 Å². The molecule has 7 nitrogen and oxygen atoms in total. The molecule has 1 aromatic carbocycles. The van der Waals surface area contributed by atoms with Gasteiger partial charge in [0.1, 0.15) is 5.75 Å². The van der Waals surface area contributed by atoms with E-state index in [4.69, 9.17) is 9.47 Å². The fourth-order valence-corrected chi connectivity index (χ4v) is 5.08. The van der Waals surface area contributed by atoms with Gasteiger partial charge in [0.15, 0.2) is 0 Å².